The van der Waals surface area contributed by atoms with Gasteiger partial charge in [0.2, 0.25) is 10.0 Å². The van der Waals surface area contributed by atoms with Crippen LogP contribution < -0.4 is 10.0 Å². The Morgan fingerprint density at radius 3 is 2.81 bits per heavy atom. The first-order valence-electron chi connectivity index (χ1n) is 7.45. The average Bonchev–Trinajstić information content (AvgIpc) is 2.45. The second-order valence-electron chi connectivity index (χ2n) is 5.41. The molecule has 0 aliphatic carbocycles. The van der Waals surface area contributed by atoms with Crippen LogP contribution >= 0.6 is 0 Å². The van der Waals surface area contributed by atoms with E-state index in [1.807, 2.05) is 26.0 Å². The van der Waals surface area contributed by atoms with Crippen molar-refractivity contribution in [1.29, 1.82) is 0 Å². The molecule has 21 heavy (non-hydrogen) atoms. The van der Waals surface area contributed by atoms with Crippen molar-refractivity contribution in [1.82, 2.24) is 10.0 Å². The number of rotatable bonds is 6. The Bertz CT molecular complexity index is 560. The van der Waals surface area contributed by atoms with E-state index in [2.05, 4.69) is 10.0 Å². The van der Waals surface area contributed by atoms with E-state index in [9.17, 15) is 8.42 Å². The summed E-state index contributed by atoms with van der Waals surface area (Å²) in [5.74, 6) is 0. The lowest BCUT2D eigenvalue weighted by molar-refractivity contribution is 0.0173. The van der Waals surface area contributed by atoms with Gasteiger partial charge in [-0.05, 0) is 37.9 Å². The van der Waals surface area contributed by atoms with Crippen molar-refractivity contribution < 1.29 is 13.2 Å². The van der Waals surface area contributed by atoms with Crippen LogP contribution in [0.2, 0.25) is 0 Å². The molecule has 0 spiro atoms. The summed E-state index contributed by atoms with van der Waals surface area (Å²) in [6.45, 7) is 5.93. The lowest BCUT2D eigenvalue weighted by atomic mass is 10.1. The average molecular weight is 312 g/mol. The van der Waals surface area contributed by atoms with Crippen LogP contribution in [0, 0.1) is 0 Å². The number of hydrogen-bond acceptors (Lipinski definition) is 4. The number of sulfonamides is 1. The summed E-state index contributed by atoms with van der Waals surface area (Å²) < 4.78 is 33.5. The van der Waals surface area contributed by atoms with Crippen molar-refractivity contribution in [3.8, 4) is 0 Å². The van der Waals surface area contributed by atoms with Gasteiger partial charge in [0.25, 0.3) is 0 Å². The van der Waals surface area contributed by atoms with Crippen LogP contribution in [0.4, 0.5) is 0 Å². The van der Waals surface area contributed by atoms with Crippen molar-refractivity contribution in [3.05, 3.63) is 29.8 Å². The molecule has 6 heteroatoms. The Balaban J connectivity index is 2.15. The maximum absolute atomic E-state index is 12.6. The van der Waals surface area contributed by atoms with Crippen LogP contribution in [-0.4, -0.2) is 33.7 Å². The van der Waals surface area contributed by atoms with Crippen LogP contribution in [0.1, 0.15) is 32.3 Å². The fraction of sp³-hybridized carbons (Fsp3) is 0.600. The van der Waals surface area contributed by atoms with E-state index in [0.717, 1.165) is 18.5 Å². The Kier molecular flexibility index (Phi) is 5.75. The molecular weight excluding hydrogens is 288 g/mol. The van der Waals surface area contributed by atoms with Crippen molar-refractivity contribution in [2.24, 2.45) is 0 Å². The number of benzene rings is 1. The van der Waals surface area contributed by atoms with Gasteiger partial charge in [-0.25, -0.2) is 13.1 Å². The van der Waals surface area contributed by atoms with Gasteiger partial charge in [-0.1, -0.05) is 25.1 Å². The van der Waals surface area contributed by atoms with Gasteiger partial charge in [-0.3, -0.25) is 0 Å². The first-order valence-corrected chi connectivity index (χ1v) is 8.94. The molecule has 2 unspecified atom stereocenters. The molecule has 1 heterocycles. The summed E-state index contributed by atoms with van der Waals surface area (Å²) in [5, 5.41) is 3.18. The van der Waals surface area contributed by atoms with E-state index in [0.29, 0.717) is 24.5 Å². The summed E-state index contributed by atoms with van der Waals surface area (Å²) >= 11 is 0. The highest BCUT2D eigenvalue weighted by molar-refractivity contribution is 7.89. The van der Waals surface area contributed by atoms with Crippen LogP contribution in [0.5, 0.6) is 0 Å². The minimum absolute atomic E-state index is 0.0501. The van der Waals surface area contributed by atoms with Crippen LogP contribution in [0.3, 0.4) is 0 Å². The van der Waals surface area contributed by atoms with Gasteiger partial charge < -0.3 is 10.1 Å². The first-order chi connectivity index (χ1) is 10.0. The molecule has 0 bridgehead atoms. The zero-order chi connectivity index (χ0) is 15.3. The molecule has 0 saturated carbocycles. The topological polar surface area (TPSA) is 67.4 Å². The normalized spacial score (nSPS) is 23.1. The monoisotopic (exact) mass is 312 g/mol. The summed E-state index contributed by atoms with van der Waals surface area (Å²) in [5.41, 5.74) is 0.798. The van der Waals surface area contributed by atoms with Gasteiger partial charge in [0, 0.05) is 19.2 Å². The van der Waals surface area contributed by atoms with E-state index in [4.69, 9.17) is 4.74 Å². The molecule has 5 nitrogen and oxygen atoms in total. The smallest absolute Gasteiger partial charge is 0.241 e. The highest BCUT2D eigenvalue weighted by atomic mass is 32.2. The predicted octanol–water partition coefficient (Wildman–Crippen LogP) is 1.64. The second-order valence-corrected chi connectivity index (χ2v) is 7.09. The molecule has 1 aliphatic heterocycles. The molecule has 1 aromatic carbocycles. The van der Waals surface area contributed by atoms with Gasteiger partial charge in [0.15, 0.2) is 0 Å². The van der Waals surface area contributed by atoms with Crippen molar-refractivity contribution >= 4 is 10.0 Å². The molecule has 1 saturated heterocycles. The zero-order valence-corrected chi connectivity index (χ0v) is 13.4. The highest BCUT2D eigenvalue weighted by Gasteiger charge is 2.26. The Labute approximate surface area is 127 Å². The molecule has 2 rings (SSSR count). The molecular formula is C15H24N2O3S. The molecule has 118 valence electrons. The fourth-order valence-corrected chi connectivity index (χ4v) is 4.08. The molecule has 2 atom stereocenters. The van der Waals surface area contributed by atoms with Crippen molar-refractivity contribution in [3.63, 3.8) is 0 Å². The third-order valence-electron chi connectivity index (χ3n) is 3.63. The molecule has 2 N–H and O–H groups in total. The van der Waals surface area contributed by atoms with E-state index in [-0.39, 0.29) is 12.1 Å². The standard InChI is InChI=1S/C15H24N2O3S/c1-3-16-11-13-6-4-5-7-15(13)21(18,19)17-14-8-9-20-12(2)10-14/h4-7,12,14,16-17H,3,8-11H2,1-2H3. The summed E-state index contributed by atoms with van der Waals surface area (Å²) in [6.07, 6.45) is 1.54. The van der Waals surface area contributed by atoms with Crippen LogP contribution in [0.15, 0.2) is 29.2 Å². The molecule has 1 aliphatic rings. The summed E-state index contributed by atoms with van der Waals surface area (Å²) in [7, 11) is -3.49. The van der Waals surface area contributed by atoms with E-state index in [1.165, 1.54) is 0 Å². The number of nitrogens with one attached hydrogen (secondary N) is 2. The fourth-order valence-electron chi connectivity index (χ4n) is 2.56. The highest BCUT2D eigenvalue weighted by Crippen LogP contribution is 2.19. The van der Waals surface area contributed by atoms with Crippen LogP contribution in [0.25, 0.3) is 0 Å². The molecule has 1 aromatic rings. The lowest BCUT2D eigenvalue weighted by Crippen LogP contribution is -2.41. The predicted molar refractivity (Wildman–Crippen MR) is 82.6 cm³/mol. The van der Waals surface area contributed by atoms with E-state index >= 15 is 0 Å². The third kappa shape index (κ3) is 4.51. The van der Waals surface area contributed by atoms with Gasteiger partial charge in [0.1, 0.15) is 0 Å². The van der Waals surface area contributed by atoms with Crippen molar-refractivity contribution in [2.45, 2.75) is 50.3 Å². The largest absolute Gasteiger partial charge is 0.378 e. The zero-order valence-electron chi connectivity index (χ0n) is 12.6. The molecule has 0 radical (unpaired) electrons. The maximum Gasteiger partial charge on any atom is 0.241 e. The van der Waals surface area contributed by atoms with Crippen molar-refractivity contribution in [2.75, 3.05) is 13.2 Å². The lowest BCUT2D eigenvalue weighted by Gasteiger charge is -2.28. The third-order valence-corrected chi connectivity index (χ3v) is 5.26. The number of ether oxygens (including phenoxy) is 1. The van der Waals surface area contributed by atoms with Gasteiger partial charge >= 0.3 is 0 Å². The molecule has 1 fully saturated rings. The minimum Gasteiger partial charge on any atom is -0.378 e. The Morgan fingerprint density at radius 2 is 2.10 bits per heavy atom. The van der Waals surface area contributed by atoms with Gasteiger partial charge in [-0.2, -0.15) is 0 Å². The summed E-state index contributed by atoms with van der Waals surface area (Å²) in [4.78, 5) is 0.366. The van der Waals surface area contributed by atoms with E-state index < -0.39 is 10.0 Å². The minimum atomic E-state index is -3.49. The first kappa shape index (κ1) is 16.4. The summed E-state index contributed by atoms with van der Waals surface area (Å²) in [6, 6.07) is 7.09. The van der Waals surface area contributed by atoms with E-state index in [1.54, 1.807) is 12.1 Å². The quantitative estimate of drug-likeness (QED) is 0.838. The molecule has 0 amide bonds. The maximum atomic E-state index is 12.6. The SMILES string of the molecule is CCNCc1ccccc1S(=O)(=O)NC1CCOC(C)C1. The molecule has 0 aromatic heterocycles. The number of hydrogen-bond donors (Lipinski definition) is 2. The Hall–Kier alpha value is -0.950. The second kappa shape index (κ2) is 7.35. The Morgan fingerprint density at radius 1 is 1.33 bits per heavy atom. The van der Waals surface area contributed by atoms with Gasteiger partial charge in [0.05, 0.1) is 11.0 Å². The van der Waals surface area contributed by atoms with Gasteiger partial charge in [-0.15, -0.1) is 0 Å². The van der Waals surface area contributed by atoms with Crippen LogP contribution in [-0.2, 0) is 21.3 Å².